The van der Waals surface area contributed by atoms with Gasteiger partial charge in [0, 0.05) is 0 Å². The molecule has 4 heterocycles. The minimum Gasteiger partial charge on any atom is -0.394 e. The number of carbonyl (C=O) groups is 2. The van der Waals surface area contributed by atoms with Gasteiger partial charge >= 0.3 is 5.97 Å². The minimum absolute atomic E-state index is 0.00542. The quantitative estimate of drug-likeness (QED) is 0.0164. The third kappa shape index (κ3) is 12.8. The standard InChI is InChI=1S/C57H93ClO26/c1-24(2)10-9-14-57(8,83-51-47(74)43(70)39(66)29(80-51)22-75-49-45(72)41(68)37(64)27(20-59)77-49)25-11-16-56(7)36(25)26(61)18-32-54(5)15-13-33(53(3,4)31(54)12-17-55(32,56)6)81-52-48(44(71)38(65)28(21-60)78-52)82-50-46(73)42(69)40(67)30(79-50)23-76-84-35(63)19-34(58)62/h10,25-33,36-52,59-61,64-74H,9,11-23H2,1-8H3/t25-,26+,27+,28+,29+,30+,31+,32+,33+,36-,37+,38+,39+,40+,41-,42-,43-,44-,45+,46+,47+,48+,49+,50-,51-,52-,54-,55+,56+,57+/m0/s1. The number of aliphatic hydroxyl groups is 14. The van der Waals surface area contributed by atoms with Gasteiger partial charge < -0.3 is 109 Å². The second-order valence-electron chi connectivity index (χ2n) is 26.8. The van der Waals surface area contributed by atoms with Crippen molar-refractivity contribution in [3.05, 3.63) is 11.6 Å². The van der Waals surface area contributed by atoms with Gasteiger partial charge in [-0.3, -0.25) is 9.68 Å². The van der Waals surface area contributed by atoms with E-state index < -0.39 is 196 Å². The Morgan fingerprint density at radius 3 is 1.75 bits per heavy atom. The summed E-state index contributed by atoms with van der Waals surface area (Å²) < 4.78 is 49.2. The monoisotopic (exact) mass is 1230 g/mol. The number of carbonyl (C=O) groups excluding carboxylic acids is 2. The Bertz CT molecular complexity index is 2260. The minimum atomic E-state index is -1.94. The summed E-state index contributed by atoms with van der Waals surface area (Å²) in [5, 5.41) is 152. The molecule has 4 saturated carbocycles. The van der Waals surface area contributed by atoms with Gasteiger partial charge in [-0.1, -0.05) is 46.3 Å². The first-order chi connectivity index (χ1) is 39.3. The molecule has 8 aliphatic rings. The van der Waals surface area contributed by atoms with Crippen LogP contribution in [0, 0.1) is 45.3 Å². The van der Waals surface area contributed by atoms with Gasteiger partial charge in [0.05, 0.1) is 37.6 Å². The highest BCUT2D eigenvalue weighted by Crippen LogP contribution is 2.76. The van der Waals surface area contributed by atoms with Crippen LogP contribution in [0.5, 0.6) is 0 Å². The van der Waals surface area contributed by atoms with Crippen LogP contribution in [-0.2, 0) is 57.3 Å². The van der Waals surface area contributed by atoms with Crippen LogP contribution in [0.15, 0.2) is 11.6 Å². The molecule has 8 fully saturated rings. The second kappa shape index (κ2) is 26.6. The van der Waals surface area contributed by atoms with Crippen molar-refractivity contribution in [1.29, 1.82) is 0 Å². The van der Waals surface area contributed by atoms with E-state index in [1.165, 1.54) is 0 Å². The van der Waals surface area contributed by atoms with Crippen molar-refractivity contribution in [2.75, 3.05) is 26.4 Å². The molecule has 4 aliphatic carbocycles. The number of rotatable bonds is 20. The SMILES string of the molecule is CC(C)=CCC[C@@](C)(O[C@@H]1O[C@H](CO[C@@H]2O[C@H](CO)[C@@H](O)[C@H](O)[C@H]2O)[C@@H](O)[C@H](O)[C@H]1O)[C@H]1CC[C@]2(C)[C@@H]1[C@H](O)C[C@@H]1[C@@]3(C)CC[C@@H](O[C@@H]4O[C@H](CO)[C@@H](O)[C@H](O)[C@H]4O[C@@H]4O[C@H](COOC(=O)CC(=O)Cl)[C@@H](O)[C@H](O)[C@H]4O)C(C)(C)[C@H]3CC[C@]12C. The van der Waals surface area contributed by atoms with Crippen LogP contribution >= 0.6 is 11.6 Å². The van der Waals surface area contributed by atoms with Crippen LogP contribution in [0.4, 0.5) is 0 Å². The maximum Gasteiger partial charge on any atom is 0.351 e. The first-order valence-corrected chi connectivity index (χ1v) is 29.9. The van der Waals surface area contributed by atoms with Crippen LogP contribution in [0.1, 0.15) is 120 Å². The van der Waals surface area contributed by atoms with Crippen molar-refractivity contribution in [3.63, 3.8) is 0 Å². The zero-order chi connectivity index (χ0) is 61.9. The molecule has 0 radical (unpaired) electrons. The molecule has 26 nitrogen and oxygen atoms in total. The molecule has 84 heavy (non-hydrogen) atoms. The average molecular weight is 1230 g/mol. The van der Waals surface area contributed by atoms with Crippen molar-refractivity contribution in [1.82, 2.24) is 0 Å². The lowest BCUT2D eigenvalue weighted by atomic mass is 9.35. The number of halogens is 1. The Labute approximate surface area is 493 Å². The van der Waals surface area contributed by atoms with E-state index in [1.807, 2.05) is 20.8 Å². The van der Waals surface area contributed by atoms with Crippen LogP contribution in [0.25, 0.3) is 0 Å². The molecule has 0 aromatic carbocycles. The molecule has 4 aliphatic heterocycles. The lowest BCUT2D eigenvalue weighted by Gasteiger charge is -2.71. The van der Waals surface area contributed by atoms with Crippen molar-refractivity contribution >= 4 is 22.8 Å². The molecule has 14 N–H and O–H groups in total. The molecule has 0 aromatic heterocycles. The van der Waals surface area contributed by atoms with E-state index in [2.05, 4.69) is 45.6 Å². The van der Waals surface area contributed by atoms with Gasteiger partial charge in [0.1, 0.15) is 111 Å². The van der Waals surface area contributed by atoms with Crippen LogP contribution in [-0.4, -0.2) is 250 Å². The highest BCUT2D eigenvalue weighted by Gasteiger charge is 2.72. The molecule has 0 unspecified atom stereocenters. The summed E-state index contributed by atoms with van der Waals surface area (Å²) in [6.07, 6.45) is -27.8. The van der Waals surface area contributed by atoms with Gasteiger partial charge in [0.2, 0.25) is 5.24 Å². The lowest BCUT2D eigenvalue weighted by molar-refractivity contribution is -0.384. The summed E-state index contributed by atoms with van der Waals surface area (Å²) in [5.74, 6) is -1.79. The van der Waals surface area contributed by atoms with E-state index in [-0.39, 0.29) is 34.5 Å². The van der Waals surface area contributed by atoms with E-state index in [0.29, 0.717) is 38.5 Å². The number of hydrogen-bond donors (Lipinski definition) is 14. The summed E-state index contributed by atoms with van der Waals surface area (Å²) in [6, 6.07) is 0. The second-order valence-corrected chi connectivity index (χ2v) is 27.3. The van der Waals surface area contributed by atoms with Crippen molar-refractivity contribution in [2.24, 2.45) is 45.3 Å². The fraction of sp³-hybridized carbons (Fsp3) is 0.930. The van der Waals surface area contributed by atoms with Crippen molar-refractivity contribution < 1.29 is 129 Å². The molecule has 27 heteroatoms. The highest BCUT2D eigenvalue weighted by atomic mass is 35.5. The zero-order valence-electron chi connectivity index (χ0n) is 49.0. The summed E-state index contributed by atoms with van der Waals surface area (Å²) in [6.45, 7) is 14.3. The van der Waals surface area contributed by atoms with Crippen molar-refractivity contribution in [3.8, 4) is 0 Å². The Balaban J connectivity index is 0.991. The predicted octanol–water partition coefficient (Wildman–Crippen LogP) is -1.56. The zero-order valence-corrected chi connectivity index (χ0v) is 49.8. The van der Waals surface area contributed by atoms with Gasteiger partial charge in [-0.05, 0) is 135 Å². The summed E-state index contributed by atoms with van der Waals surface area (Å²) in [4.78, 5) is 32.3. The van der Waals surface area contributed by atoms with Crippen molar-refractivity contribution in [2.45, 2.75) is 260 Å². The van der Waals surface area contributed by atoms with Crippen LogP contribution in [0.2, 0.25) is 0 Å². The normalized spacial score (nSPS) is 49.1. The summed E-state index contributed by atoms with van der Waals surface area (Å²) >= 11 is 5.23. The first-order valence-electron chi connectivity index (χ1n) is 29.5. The molecule has 30 atom stereocenters. The van der Waals surface area contributed by atoms with E-state index >= 15 is 0 Å². The maximum absolute atomic E-state index is 12.9. The van der Waals surface area contributed by atoms with E-state index in [9.17, 15) is 81.1 Å². The number of fused-ring (bicyclic) bond motifs is 5. The molecular formula is C57H93ClO26. The molecule has 484 valence electrons. The summed E-state index contributed by atoms with van der Waals surface area (Å²) in [5.41, 5.74) is -1.83. The highest BCUT2D eigenvalue weighted by molar-refractivity contribution is 6.64. The Hall–Kier alpha value is -1.75. The fourth-order valence-electron chi connectivity index (χ4n) is 16.6. The summed E-state index contributed by atoms with van der Waals surface area (Å²) in [7, 11) is 0. The van der Waals surface area contributed by atoms with E-state index in [1.54, 1.807) is 0 Å². The Morgan fingerprint density at radius 2 is 1.14 bits per heavy atom. The number of aliphatic hydroxyl groups excluding tert-OH is 14. The van der Waals surface area contributed by atoms with Crippen LogP contribution in [0.3, 0.4) is 0 Å². The third-order valence-corrected chi connectivity index (χ3v) is 21.5. The molecule has 8 rings (SSSR count). The van der Waals surface area contributed by atoms with Gasteiger partial charge in [-0.2, -0.15) is 4.89 Å². The predicted molar refractivity (Wildman–Crippen MR) is 287 cm³/mol. The average Bonchev–Trinajstić information content (AvgIpc) is 1.22. The Kier molecular flexibility index (Phi) is 21.6. The number of ether oxygens (including phenoxy) is 8. The molecular weight excluding hydrogens is 1140 g/mol. The smallest absolute Gasteiger partial charge is 0.351 e. The number of allylic oxidation sites excluding steroid dienone is 2. The first kappa shape index (κ1) is 68.2. The molecule has 4 saturated heterocycles. The maximum atomic E-state index is 12.9. The molecule has 0 aromatic rings. The third-order valence-electron chi connectivity index (χ3n) is 21.4. The Morgan fingerprint density at radius 1 is 0.607 bits per heavy atom. The fourth-order valence-corrected chi connectivity index (χ4v) is 16.7. The molecule has 0 bridgehead atoms. The van der Waals surface area contributed by atoms with E-state index in [0.717, 1.165) is 24.8 Å². The van der Waals surface area contributed by atoms with Crippen LogP contribution < -0.4 is 0 Å². The van der Waals surface area contributed by atoms with Gasteiger partial charge in [0.25, 0.3) is 0 Å². The topological polar surface area (TPSA) is 410 Å². The molecule has 0 amide bonds. The number of hydrogen-bond acceptors (Lipinski definition) is 26. The van der Waals surface area contributed by atoms with Gasteiger partial charge in [-0.15, -0.1) is 0 Å². The largest absolute Gasteiger partial charge is 0.394 e. The van der Waals surface area contributed by atoms with Gasteiger partial charge in [0.15, 0.2) is 25.2 Å². The van der Waals surface area contributed by atoms with E-state index in [4.69, 9.17) is 54.4 Å². The molecule has 0 spiro atoms. The lowest BCUT2D eigenvalue weighted by Crippen LogP contribution is -2.68. The van der Waals surface area contributed by atoms with Gasteiger partial charge in [-0.25, -0.2) is 4.79 Å².